The third-order valence-corrected chi connectivity index (χ3v) is 9.62. The molecule has 1 saturated carbocycles. The first-order valence-electron chi connectivity index (χ1n) is 20.4. The van der Waals surface area contributed by atoms with Crippen molar-refractivity contribution in [2.45, 2.75) is 276 Å². The van der Waals surface area contributed by atoms with Crippen molar-refractivity contribution in [3.63, 3.8) is 0 Å². The van der Waals surface area contributed by atoms with Crippen LogP contribution in [0.2, 0.25) is 0 Å². The molecule has 0 heteroatoms. The number of hydrogen-bond acceptors (Lipinski definition) is 0. The molecule has 1 fully saturated rings. The maximum atomic E-state index is 2.36. The molecule has 1 aliphatic rings. The molecular weight excluding hydrogens is 577 g/mol. The van der Waals surface area contributed by atoms with E-state index in [1.807, 2.05) is 0 Å². The Morgan fingerprint density at radius 3 is 1.04 bits per heavy atom. The maximum Gasteiger partial charge on any atom is -0.0300 e. The van der Waals surface area contributed by atoms with Crippen molar-refractivity contribution < 1.29 is 0 Å². The van der Waals surface area contributed by atoms with E-state index >= 15 is 0 Å². The molecule has 0 radical (unpaired) electrons. The molecule has 0 aliphatic heterocycles. The van der Waals surface area contributed by atoms with Gasteiger partial charge in [0.1, 0.15) is 0 Å². The van der Waals surface area contributed by atoms with Crippen molar-refractivity contribution in [3.05, 3.63) is 0 Å². The van der Waals surface area contributed by atoms with E-state index in [9.17, 15) is 0 Å². The summed E-state index contributed by atoms with van der Waals surface area (Å²) in [7, 11) is 0. The summed E-state index contributed by atoms with van der Waals surface area (Å²) in [4.78, 5) is 0. The fourth-order valence-electron chi connectivity index (χ4n) is 6.66. The van der Waals surface area contributed by atoms with Gasteiger partial charge in [0.15, 0.2) is 0 Å². The summed E-state index contributed by atoms with van der Waals surface area (Å²) >= 11 is 0. The highest BCUT2D eigenvalue weighted by Gasteiger charge is 2.29. The average molecular weight is 687 g/mol. The fourth-order valence-corrected chi connectivity index (χ4v) is 6.66. The minimum Gasteiger partial charge on any atom is -0.0776 e. The van der Waals surface area contributed by atoms with Crippen molar-refractivity contribution in [1.29, 1.82) is 0 Å². The molecule has 0 aromatic carbocycles. The Hall–Kier alpha value is 0. The van der Waals surface area contributed by atoms with Crippen molar-refractivity contribution in [2.24, 2.45) is 38.9 Å². The fraction of sp³-hybridized carbons (Fsp3) is 1.00. The monoisotopic (exact) mass is 687 g/mol. The van der Waals surface area contributed by atoms with Crippen LogP contribution in [0.3, 0.4) is 0 Å². The Bertz CT molecular complexity index is 557. The SMILES string of the molecule is C.C.C.CC(C)(C)CC1CCCCC1.CCC(CC)(CC)CC(C)(C)C.CCC(CC)CC(C)(C)C.CCCC.CCCCC(C)(C)C. The Labute approximate surface area is 314 Å². The first kappa shape index (κ1) is 63.1. The first-order chi connectivity index (χ1) is 20.4. The number of hydrogen-bond donors (Lipinski definition) is 0. The van der Waals surface area contributed by atoms with E-state index in [1.165, 1.54) is 116 Å². The standard InChI is InChI=1S/C12H26.C11H22.C10H22.C8H18.C4H10.3CH4/c1-7-12(8-2,9-3)10-11(4,5)6;1-11(2,3)9-10-7-5-4-6-8-10;1-6-9(7-2)8-10(3,4)5;1-5-6-7-8(2,3)4;1-3-4-2;;;/h7-10H2,1-6H3;10H,4-9H2,1-3H3;9H,6-8H2,1-5H3;5-7H2,1-4H3;3-4H2,1-2H3;3*1H4. The molecule has 0 nitrogen and oxygen atoms in total. The molecule has 0 bridgehead atoms. The highest BCUT2D eigenvalue weighted by Crippen LogP contribution is 2.41. The van der Waals surface area contributed by atoms with Gasteiger partial charge in [-0.1, -0.05) is 251 Å². The molecule has 1 aliphatic carbocycles. The van der Waals surface area contributed by atoms with E-state index in [-0.39, 0.29) is 22.3 Å². The van der Waals surface area contributed by atoms with Gasteiger partial charge >= 0.3 is 0 Å². The molecule has 302 valence electrons. The van der Waals surface area contributed by atoms with Crippen LogP contribution in [-0.2, 0) is 0 Å². The van der Waals surface area contributed by atoms with Crippen LogP contribution in [0.25, 0.3) is 0 Å². The van der Waals surface area contributed by atoms with E-state index < -0.39 is 0 Å². The average Bonchev–Trinajstić information content (AvgIpc) is 2.93. The topological polar surface area (TPSA) is 0 Å². The molecule has 0 amide bonds. The van der Waals surface area contributed by atoms with Gasteiger partial charge in [0, 0.05) is 0 Å². The third-order valence-electron chi connectivity index (χ3n) is 9.62. The van der Waals surface area contributed by atoms with Gasteiger partial charge < -0.3 is 0 Å². The summed E-state index contributed by atoms with van der Waals surface area (Å²) in [5.41, 5.74) is 2.73. The zero-order valence-electron chi connectivity index (χ0n) is 36.4. The summed E-state index contributed by atoms with van der Waals surface area (Å²) in [5, 5.41) is 0. The van der Waals surface area contributed by atoms with Crippen LogP contribution in [0.5, 0.6) is 0 Å². The summed E-state index contributed by atoms with van der Waals surface area (Å²) in [6.07, 6.45) is 25.0. The maximum absolute atomic E-state index is 2.36. The highest BCUT2D eigenvalue weighted by molar-refractivity contribution is 4.80. The van der Waals surface area contributed by atoms with Gasteiger partial charge in [-0.15, -0.1) is 0 Å². The molecule has 0 saturated heterocycles. The number of unbranched alkanes of at least 4 members (excludes halogenated alkanes) is 2. The second-order valence-electron chi connectivity index (χ2n) is 19.7. The summed E-state index contributed by atoms with van der Waals surface area (Å²) in [6.45, 7) is 46.2. The van der Waals surface area contributed by atoms with E-state index in [0.717, 1.165) is 11.8 Å². The normalized spacial score (nSPS) is 13.7. The summed E-state index contributed by atoms with van der Waals surface area (Å²) < 4.78 is 0. The Balaban J connectivity index is -0.0000000888. The Morgan fingerprint density at radius 1 is 0.479 bits per heavy atom. The zero-order chi connectivity index (χ0) is 36.4. The van der Waals surface area contributed by atoms with Crippen LogP contribution in [0.4, 0.5) is 0 Å². The quantitative estimate of drug-likeness (QED) is 0.203. The second kappa shape index (κ2) is 34.1. The molecule has 0 heterocycles. The van der Waals surface area contributed by atoms with Gasteiger partial charge in [-0.2, -0.15) is 0 Å². The lowest BCUT2D eigenvalue weighted by molar-refractivity contribution is 0.149. The van der Waals surface area contributed by atoms with Gasteiger partial charge in [0.25, 0.3) is 0 Å². The third kappa shape index (κ3) is 50.4. The van der Waals surface area contributed by atoms with Crippen LogP contribution >= 0.6 is 0 Å². The summed E-state index contributed by atoms with van der Waals surface area (Å²) in [5.74, 6) is 1.99. The van der Waals surface area contributed by atoms with Crippen LogP contribution < -0.4 is 0 Å². The predicted octanol–water partition coefficient (Wildman–Crippen LogP) is 19.4. The summed E-state index contributed by atoms with van der Waals surface area (Å²) in [6, 6.07) is 0. The van der Waals surface area contributed by atoms with E-state index in [0.29, 0.717) is 27.1 Å². The minimum absolute atomic E-state index is 0. The van der Waals surface area contributed by atoms with Crippen LogP contribution in [0.1, 0.15) is 276 Å². The molecule has 0 spiro atoms. The van der Waals surface area contributed by atoms with Crippen LogP contribution in [-0.4, -0.2) is 0 Å². The number of rotatable bonds is 11. The molecular formula is C48H110. The highest BCUT2D eigenvalue weighted by atomic mass is 14.3. The van der Waals surface area contributed by atoms with Crippen molar-refractivity contribution in [1.82, 2.24) is 0 Å². The van der Waals surface area contributed by atoms with Crippen LogP contribution in [0, 0.1) is 38.9 Å². The largest absolute Gasteiger partial charge is 0.0776 e. The van der Waals surface area contributed by atoms with E-state index in [2.05, 4.69) is 138 Å². The van der Waals surface area contributed by atoms with Gasteiger partial charge in [0.2, 0.25) is 0 Å². The van der Waals surface area contributed by atoms with E-state index in [4.69, 9.17) is 0 Å². The Morgan fingerprint density at radius 2 is 0.875 bits per heavy atom. The zero-order valence-corrected chi connectivity index (χ0v) is 36.4. The van der Waals surface area contributed by atoms with Crippen molar-refractivity contribution in [2.75, 3.05) is 0 Å². The lowest BCUT2D eigenvalue weighted by atomic mass is 9.69. The Kier molecular flexibility index (Phi) is 44.8. The van der Waals surface area contributed by atoms with E-state index in [1.54, 1.807) is 0 Å². The lowest BCUT2D eigenvalue weighted by Gasteiger charge is -2.36. The lowest BCUT2D eigenvalue weighted by Crippen LogP contribution is -2.24. The molecule has 0 aromatic rings. The molecule has 0 atom stereocenters. The van der Waals surface area contributed by atoms with Gasteiger partial charge in [-0.05, 0) is 64.6 Å². The van der Waals surface area contributed by atoms with Gasteiger partial charge in [-0.25, -0.2) is 0 Å². The molecule has 0 aromatic heterocycles. The smallest absolute Gasteiger partial charge is 0.0300 e. The van der Waals surface area contributed by atoms with Gasteiger partial charge in [-0.3, -0.25) is 0 Å². The molecule has 0 unspecified atom stereocenters. The van der Waals surface area contributed by atoms with Gasteiger partial charge in [0.05, 0.1) is 0 Å². The molecule has 0 N–H and O–H groups in total. The predicted molar refractivity (Wildman–Crippen MR) is 236 cm³/mol. The first-order valence-corrected chi connectivity index (χ1v) is 20.4. The van der Waals surface area contributed by atoms with Crippen molar-refractivity contribution in [3.8, 4) is 0 Å². The second-order valence-corrected chi connectivity index (χ2v) is 19.7. The molecule has 48 heavy (non-hydrogen) atoms. The minimum atomic E-state index is 0. The molecule has 1 rings (SSSR count). The van der Waals surface area contributed by atoms with Crippen LogP contribution in [0.15, 0.2) is 0 Å². The van der Waals surface area contributed by atoms with Crippen molar-refractivity contribution >= 4 is 0 Å².